The Labute approximate surface area is 146 Å². The van der Waals surface area contributed by atoms with E-state index in [0.717, 1.165) is 24.8 Å². The lowest BCUT2D eigenvalue weighted by Gasteiger charge is -2.43. The van der Waals surface area contributed by atoms with E-state index in [4.69, 9.17) is 4.74 Å². The minimum atomic E-state index is -0.298. The van der Waals surface area contributed by atoms with Crippen molar-refractivity contribution in [2.24, 2.45) is 0 Å². The number of amides is 2. The second kappa shape index (κ2) is 6.24. The summed E-state index contributed by atoms with van der Waals surface area (Å²) in [6.07, 6.45) is 2.95. The van der Waals surface area contributed by atoms with E-state index in [9.17, 15) is 9.59 Å². The number of carbonyl (C=O) groups is 2. The molecule has 1 heterocycles. The molecule has 5 nitrogen and oxygen atoms in total. The Hall–Kier alpha value is -2.82. The second-order valence-corrected chi connectivity index (χ2v) is 6.59. The third-order valence-electron chi connectivity index (χ3n) is 5.02. The second-order valence-electron chi connectivity index (χ2n) is 6.59. The van der Waals surface area contributed by atoms with Gasteiger partial charge in [-0.2, -0.15) is 0 Å². The molecule has 0 unspecified atom stereocenters. The van der Waals surface area contributed by atoms with Crippen LogP contribution in [0.1, 0.15) is 24.8 Å². The van der Waals surface area contributed by atoms with Crippen molar-refractivity contribution in [3.63, 3.8) is 0 Å². The first kappa shape index (κ1) is 15.7. The summed E-state index contributed by atoms with van der Waals surface area (Å²) in [5, 5.41) is 3.17. The number of ether oxygens (including phenoxy) is 1. The number of hydrogen-bond acceptors (Lipinski definition) is 3. The third-order valence-corrected chi connectivity index (χ3v) is 5.02. The summed E-state index contributed by atoms with van der Waals surface area (Å²) < 4.78 is 5.43. The molecule has 1 aliphatic heterocycles. The first-order valence-electron chi connectivity index (χ1n) is 8.57. The molecular formula is C20H20N2O3. The van der Waals surface area contributed by atoms with E-state index in [1.807, 2.05) is 36.4 Å². The quantitative estimate of drug-likeness (QED) is 0.934. The predicted octanol–water partition coefficient (Wildman–Crippen LogP) is 2.61. The molecule has 0 atom stereocenters. The van der Waals surface area contributed by atoms with Gasteiger partial charge < -0.3 is 10.1 Å². The summed E-state index contributed by atoms with van der Waals surface area (Å²) in [4.78, 5) is 26.4. The molecule has 1 N–H and O–H groups in total. The number of hydrogen-bond donors (Lipinski definition) is 1. The molecule has 128 valence electrons. The minimum absolute atomic E-state index is 0.00773. The number of carbonyl (C=O) groups excluding carboxylic acids is 2. The largest absolute Gasteiger partial charge is 0.482 e. The number of nitrogens with one attached hydrogen (secondary N) is 1. The average Bonchev–Trinajstić information content (AvgIpc) is 2.61. The van der Waals surface area contributed by atoms with Gasteiger partial charge in [0.2, 0.25) is 5.91 Å². The van der Waals surface area contributed by atoms with Crippen LogP contribution in [0.2, 0.25) is 0 Å². The zero-order chi connectivity index (χ0) is 17.3. The third kappa shape index (κ3) is 2.86. The predicted molar refractivity (Wildman–Crippen MR) is 94.4 cm³/mol. The van der Waals surface area contributed by atoms with Crippen LogP contribution in [0.15, 0.2) is 54.6 Å². The highest BCUT2D eigenvalue weighted by molar-refractivity contribution is 6.02. The van der Waals surface area contributed by atoms with E-state index in [1.165, 1.54) is 4.90 Å². The topological polar surface area (TPSA) is 58.6 Å². The SMILES string of the molecule is O=C(CN1C(=O)COc2ccccc21)NC1(c2ccccc2)CCC1. The summed E-state index contributed by atoms with van der Waals surface area (Å²) in [5.41, 5.74) is 1.48. The molecule has 2 amide bonds. The van der Waals surface area contributed by atoms with Crippen molar-refractivity contribution in [1.82, 2.24) is 5.32 Å². The van der Waals surface area contributed by atoms with Crippen molar-refractivity contribution in [3.05, 3.63) is 60.2 Å². The molecule has 0 radical (unpaired) electrons. The monoisotopic (exact) mass is 336 g/mol. The molecule has 1 fully saturated rings. The van der Waals surface area contributed by atoms with Crippen molar-refractivity contribution in [2.75, 3.05) is 18.1 Å². The first-order valence-corrected chi connectivity index (χ1v) is 8.57. The van der Waals surface area contributed by atoms with Gasteiger partial charge in [-0.25, -0.2) is 0 Å². The van der Waals surface area contributed by atoms with Crippen LogP contribution in [0, 0.1) is 0 Å². The summed E-state index contributed by atoms with van der Waals surface area (Å²) in [6, 6.07) is 17.4. The Balaban J connectivity index is 1.52. The highest BCUT2D eigenvalue weighted by Crippen LogP contribution is 2.41. The zero-order valence-corrected chi connectivity index (χ0v) is 13.9. The minimum Gasteiger partial charge on any atom is -0.482 e. The number of nitrogens with zero attached hydrogens (tertiary/aromatic N) is 1. The Bertz CT molecular complexity index is 800. The normalized spacial score (nSPS) is 17.9. The van der Waals surface area contributed by atoms with Crippen LogP contribution in [0.4, 0.5) is 5.69 Å². The summed E-state index contributed by atoms with van der Waals surface area (Å²) in [6.45, 7) is -0.0259. The van der Waals surface area contributed by atoms with E-state index in [2.05, 4.69) is 17.4 Å². The molecule has 5 heteroatoms. The molecule has 0 spiro atoms. The molecule has 4 rings (SSSR count). The summed E-state index contributed by atoms with van der Waals surface area (Å²) in [7, 11) is 0. The number of anilines is 1. The van der Waals surface area contributed by atoms with Crippen LogP contribution >= 0.6 is 0 Å². The molecule has 0 aromatic heterocycles. The van der Waals surface area contributed by atoms with Gasteiger partial charge in [0.1, 0.15) is 12.3 Å². The zero-order valence-electron chi connectivity index (χ0n) is 13.9. The highest BCUT2D eigenvalue weighted by atomic mass is 16.5. The lowest BCUT2D eigenvalue weighted by atomic mass is 9.72. The van der Waals surface area contributed by atoms with E-state index >= 15 is 0 Å². The Morgan fingerprint density at radius 3 is 2.52 bits per heavy atom. The van der Waals surface area contributed by atoms with Crippen molar-refractivity contribution in [2.45, 2.75) is 24.8 Å². The summed E-state index contributed by atoms with van der Waals surface area (Å²) in [5.74, 6) is 0.293. The van der Waals surface area contributed by atoms with Gasteiger partial charge >= 0.3 is 0 Å². The molecule has 25 heavy (non-hydrogen) atoms. The van der Waals surface area contributed by atoms with Gasteiger partial charge in [0.25, 0.3) is 5.91 Å². The van der Waals surface area contributed by atoms with Gasteiger partial charge in [-0.1, -0.05) is 42.5 Å². The van der Waals surface area contributed by atoms with Crippen LogP contribution in [-0.2, 0) is 15.1 Å². The van der Waals surface area contributed by atoms with E-state index in [1.54, 1.807) is 6.07 Å². The van der Waals surface area contributed by atoms with Gasteiger partial charge in [-0.3, -0.25) is 14.5 Å². The Morgan fingerprint density at radius 1 is 1.08 bits per heavy atom. The van der Waals surface area contributed by atoms with Gasteiger partial charge in [-0.15, -0.1) is 0 Å². The molecule has 1 saturated carbocycles. The first-order chi connectivity index (χ1) is 12.2. The fourth-order valence-electron chi connectivity index (χ4n) is 3.55. The maximum absolute atomic E-state index is 12.7. The van der Waals surface area contributed by atoms with E-state index in [0.29, 0.717) is 11.4 Å². The van der Waals surface area contributed by atoms with Gasteiger partial charge in [0, 0.05) is 0 Å². The average molecular weight is 336 g/mol. The van der Waals surface area contributed by atoms with Crippen LogP contribution in [-0.4, -0.2) is 25.0 Å². The maximum atomic E-state index is 12.7. The fraction of sp³-hybridized carbons (Fsp3) is 0.300. The fourth-order valence-corrected chi connectivity index (χ4v) is 3.55. The van der Waals surface area contributed by atoms with Crippen LogP contribution in [0.25, 0.3) is 0 Å². The number of para-hydroxylation sites is 2. The van der Waals surface area contributed by atoms with Crippen molar-refractivity contribution in [3.8, 4) is 5.75 Å². The van der Waals surface area contributed by atoms with Gasteiger partial charge in [-0.05, 0) is 37.0 Å². The molecule has 2 aromatic rings. The van der Waals surface area contributed by atoms with Gasteiger partial charge in [0.05, 0.1) is 11.2 Å². The lowest BCUT2D eigenvalue weighted by molar-refractivity contribution is -0.127. The van der Waals surface area contributed by atoms with Crippen molar-refractivity contribution >= 4 is 17.5 Å². The van der Waals surface area contributed by atoms with E-state index < -0.39 is 0 Å². The Morgan fingerprint density at radius 2 is 1.80 bits per heavy atom. The molecule has 0 bridgehead atoms. The smallest absolute Gasteiger partial charge is 0.265 e. The lowest BCUT2D eigenvalue weighted by Crippen LogP contribution is -2.54. The van der Waals surface area contributed by atoms with Crippen LogP contribution in [0.3, 0.4) is 0 Å². The highest BCUT2D eigenvalue weighted by Gasteiger charge is 2.40. The summed E-state index contributed by atoms with van der Waals surface area (Å²) >= 11 is 0. The maximum Gasteiger partial charge on any atom is 0.265 e. The molecule has 0 saturated heterocycles. The molecule has 2 aliphatic rings. The van der Waals surface area contributed by atoms with Crippen molar-refractivity contribution in [1.29, 1.82) is 0 Å². The number of fused-ring (bicyclic) bond motifs is 1. The molecular weight excluding hydrogens is 316 g/mol. The molecule has 2 aromatic carbocycles. The van der Waals surface area contributed by atoms with Gasteiger partial charge in [0.15, 0.2) is 6.61 Å². The van der Waals surface area contributed by atoms with Crippen LogP contribution in [0.5, 0.6) is 5.75 Å². The standard InChI is InChI=1S/C20H20N2O3/c23-18(21-20(11-6-12-20)15-7-2-1-3-8-15)13-22-16-9-4-5-10-17(16)25-14-19(22)24/h1-5,7-10H,6,11-14H2,(H,21,23). The van der Waals surface area contributed by atoms with E-state index in [-0.39, 0.29) is 30.5 Å². The van der Waals surface area contributed by atoms with Crippen LogP contribution < -0.4 is 15.0 Å². The number of benzene rings is 2. The number of rotatable bonds is 4. The Kier molecular flexibility index (Phi) is 3.92. The van der Waals surface area contributed by atoms with Crippen molar-refractivity contribution < 1.29 is 14.3 Å². The molecule has 1 aliphatic carbocycles.